The monoisotopic (exact) mass is 330 g/mol. The van der Waals surface area contributed by atoms with E-state index in [9.17, 15) is 30.7 Å². The molecular formula is C13H13F7N2. The van der Waals surface area contributed by atoms with Crippen molar-refractivity contribution >= 4 is 0 Å². The lowest BCUT2D eigenvalue weighted by atomic mass is 9.96. The van der Waals surface area contributed by atoms with E-state index in [1.54, 1.807) is 0 Å². The first-order valence-electron chi connectivity index (χ1n) is 6.49. The molecule has 0 aromatic heterocycles. The molecule has 2 rings (SSSR count). The number of alkyl halides is 6. The SMILES string of the molecule is Fc1cccc(C(F)(F)F)c1[C@@H](N1CCNCC1)C(F)(F)F. The highest BCUT2D eigenvalue weighted by atomic mass is 19.4. The quantitative estimate of drug-likeness (QED) is 0.837. The Labute approximate surface area is 121 Å². The van der Waals surface area contributed by atoms with Gasteiger partial charge in [0, 0.05) is 31.7 Å². The first kappa shape index (κ1) is 17.0. The largest absolute Gasteiger partial charge is 0.416 e. The van der Waals surface area contributed by atoms with Crippen LogP contribution in [0.2, 0.25) is 0 Å². The van der Waals surface area contributed by atoms with Crippen LogP contribution in [0.15, 0.2) is 18.2 Å². The molecular weight excluding hydrogens is 317 g/mol. The number of nitrogens with zero attached hydrogens (tertiary/aromatic N) is 1. The predicted molar refractivity (Wildman–Crippen MR) is 64.6 cm³/mol. The minimum atomic E-state index is -5.06. The second-order valence-electron chi connectivity index (χ2n) is 4.93. The summed E-state index contributed by atoms with van der Waals surface area (Å²) in [4.78, 5) is 0.824. The maximum absolute atomic E-state index is 13.9. The van der Waals surface area contributed by atoms with Gasteiger partial charge in [0.1, 0.15) is 11.9 Å². The van der Waals surface area contributed by atoms with Gasteiger partial charge in [-0.1, -0.05) is 6.07 Å². The zero-order chi connectivity index (χ0) is 16.5. The minimum Gasteiger partial charge on any atom is -0.314 e. The number of benzene rings is 1. The van der Waals surface area contributed by atoms with Crippen LogP contribution >= 0.6 is 0 Å². The molecule has 0 spiro atoms. The van der Waals surface area contributed by atoms with Gasteiger partial charge < -0.3 is 5.32 Å². The second-order valence-corrected chi connectivity index (χ2v) is 4.93. The van der Waals surface area contributed by atoms with Crippen LogP contribution in [0.25, 0.3) is 0 Å². The Bertz CT molecular complexity index is 518. The van der Waals surface area contributed by atoms with Gasteiger partial charge in [0.15, 0.2) is 0 Å². The van der Waals surface area contributed by atoms with Gasteiger partial charge in [0.25, 0.3) is 0 Å². The molecule has 22 heavy (non-hydrogen) atoms. The van der Waals surface area contributed by atoms with Crippen LogP contribution in [0.5, 0.6) is 0 Å². The van der Waals surface area contributed by atoms with Crippen molar-refractivity contribution in [1.82, 2.24) is 10.2 Å². The highest BCUT2D eigenvalue weighted by Gasteiger charge is 2.50. The van der Waals surface area contributed by atoms with E-state index in [2.05, 4.69) is 5.32 Å². The van der Waals surface area contributed by atoms with Gasteiger partial charge in [0.2, 0.25) is 0 Å². The molecule has 0 unspecified atom stereocenters. The molecule has 0 radical (unpaired) electrons. The molecule has 1 N–H and O–H groups in total. The summed E-state index contributed by atoms with van der Waals surface area (Å²) in [7, 11) is 0. The molecule has 1 fully saturated rings. The Morgan fingerprint density at radius 3 is 2.09 bits per heavy atom. The molecule has 2 nitrogen and oxygen atoms in total. The predicted octanol–water partition coefficient (Wildman–Crippen LogP) is 3.35. The van der Waals surface area contributed by atoms with Gasteiger partial charge in [-0.25, -0.2) is 4.39 Å². The van der Waals surface area contributed by atoms with Crippen molar-refractivity contribution < 1.29 is 30.7 Å². The molecule has 1 saturated heterocycles. The first-order chi connectivity index (χ1) is 10.1. The van der Waals surface area contributed by atoms with Crippen molar-refractivity contribution in [2.24, 2.45) is 0 Å². The van der Waals surface area contributed by atoms with E-state index in [0.717, 1.165) is 11.0 Å². The van der Waals surface area contributed by atoms with Crippen LogP contribution in [0.3, 0.4) is 0 Å². The topological polar surface area (TPSA) is 15.3 Å². The summed E-state index contributed by atoms with van der Waals surface area (Å²) in [5.41, 5.74) is -2.95. The smallest absolute Gasteiger partial charge is 0.314 e. The van der Waals surface area contributed by atoms with Gasteiger partial charge >= 0.3 is 12.4 Å². The Kier molecular flexibility index (Phi) is 4.67. The third kappa shape index (κ3) is 3.52. The first-order valence-corrected chi connectivity index (χ1v) is 6.49. The van der Waals surface area contributed by atoms with E-state index in [0.29, 0.717) is 12.1 Å². The van der Waals surface area contributed by atoms with Crippen molar-refractivity contribution in [3.63, 3.8) is 0 Å². The average Bonchev–Trinajstić information content (AvgIpc) is 2.39. The van der Waals surface area contributed by atoms with E-state index in [-0.39, 0.29) is 26.2 Å². The molecule has 1 aromatic rings. The molecule has 0 bridgehead atoms. The Balaban J connectivity index is 2.57. The van der Waals surface area contributed by atoms with Gasteiger partial charge in [0.05, 0.1) is 5.56 Å². The highest BCUT2D eigenvalue weighted by Crippen LogP contribution is 2.44. The van der Waals surface area contributed by atoms with Crippen LogP contribution < -0.4 is 5.32 Å². The molecule has 9 heteroatoms. The fourth-order valence-electron chi connectivity index (χ4n) is 2.56. The van der Waals surface area contributed by atoms with E-state index >= 15 is 0 Å². The summed E-state index contributed by atoms with van der Waals surface area (Å²) in [6, 6.07) is -0.773. The number of hydrogen-bond acceptors (Lipinski definition) is 2. The van der Waals surface area contributed by atoms with Crippen LogP contribution in [-0.2, 0) is 6.18 Å². The fraction of sp³-hybridized carbons (Fsp3) is 0.538. The lowest BCUT2D eigenvalue weighted by Crippen LogP contribution is -2.49. The second kappa shape index (κ2) is 6.04. The lowest BCUT2D eigenvalue weighted by Gasteiger charge is -2.37. The van der Waals surface area contributed by atoms with Crippen LogP contribution in [0, 0.1) is 5.82 Å². The number of piperazine rings is 1. The van der Waals surface area contributed by atoms with Gasteiger partial charge in [-0.3, -0.25) is 4.90 Å². The van der Waals surface area contributed by atoms with Gasteiger partial charge in [-0.2, -0.15) is 26.3 Å². The Morgan fingerprint density at radius 1 is 1.00 bits per heavy atom. The third-order valence-corrected chi connectivity index (χ3v) is 3.46. The molecule has 1 aromatic carbocycles. The standard InChI is InChI=1S/C13H13F7N2/c14-9-3-1-2-8(12(15,16)17)10(9)11(13(18,19)20)22-6-4-21-5-7-22/h1-3,11,21H,4-7H2/t11-/m1/s1. The minimum absolute atomic E-state index is 0.115. The van der Waals surface area contributed by atoms with Crippen LogP contribution in [0.1, 0.15) is 17.2 Å². The van der Waals surface area contributed by atoms with Gasteiger partial charge in [-0.15, -0.1) is 0 Å². The third-order valence-electron chi connectivity index (χ3n) is 3.46. The van der Waals surface area contributed by atoms with Crippen molar-refractivity contribution in [2.75, 3.05) is 26.2 Å². The molecule has 1 aliphatic rings. The van der Waals surface area contributed by atoms with Gasteiger partial charge in [-0.05, 0) is 12.1 Å². The summed E-state index contributed by atoms with van der Waals surface area (Å²) in [5, 5.41) is 2.81. The number of nitrogens with one attached hydrogen (secondary N) is 1. The molecule has 0 aliphatic carbocycles. The molecule has 1 aliphatic heterocycles. The maximum atomic E-state index is 13.9. The summed E-state index contributed by atoms with van der Waals surface area (Å²) in [5.74, 6) is -1.50. The molecule has 0 saturated carbocycles. The molecule has 124 valence electrons. The Hall–Kier alpha value is -1.35. The summed E-state index contributed by atoms with van der Waals surface area (Å²) >= 11 is 0. The van der Waals surface area contributed by atoms with Crippen molar-refractivity contribution in [2.45, 2.75) is 18.4 Å². The zero-order valence-corrected chi connectivity index (χ0v) is 11.2. The number of hydrogen-bond donors (Lipinski definition) is 1. The van der Waals surface area contributed by atoms with Crippen molar-refractivity contribution in [1.29, 1.82) is 0 Å². The van der Waals surface area contributed by atoms with E-state index in [1.807, 2.05) is 0 Å². The fourth-order valence-corrected chi connectivity index (χ4v) is 2.56. The normalized spacial score (nSPS) is 19.2. The molecule has 1 atom stereocenters. The summed E-state index contributed by atoms with van der Waals surface area (Å²) in [6.07, 6.45) is -10.1. The average molecular weight is 330 g/mol. The maximum Gasteiger partial charge on any atom is 0.416 e. The lowest BCUT2D eigenvalue weighted by molar-refractivity contribution is -0.191. The summed E-state index contributed by atoms with van der Waals surface area (Å²) < 4.78 is 92.8. The summed E-state index contributed by atoms with van der Waals surface area (Å²) in [6.45, 7) is 0.163. The van der Waals surface area contributed by atoms with E-state index < -0.39 is 35.3 Å². The molecule has 0 amide bonds. The van der Waals surface area contributed by atoms with E-state index in [1.165, 1.54) is 0 Å². The van der Waals surface area contributed by atoms with Crippen molar-refractivity contribution in [3.05, 3.63) is 35.1 Å². The van der Waals surface area contributed by atoms with E-state index in [4.69, 9.17) is 0 Å². The van der Waals surface area contributed by atoms with Crippen molar-refractivity contribution in [3.8, 4) is 0 Å². The zero-order valence-electron chi connectivity index (χ0n) is 11.2. The highest BCUT2D eigenvalue weighted by molar-refractivity contribution is 5.35. The van der Waals surface area contributed by atoms with Crippen LogP contribution in [0.4, 0.5) is 30.7 Å². The van der Waals surface area contributed by atoms with Crippen LogP contribution in [-0.4, -0.2) is 37.3 Å². The molecule has 1 heterocycles. The number of rotatable bonds is 2. The number of halogens is 7. The Morgan fingerprint density at radius 2 is 1.59 bits per heavy atom.